The van der Waals surface area contributed by atoms with Crippen molar-refractivity contribution in [1.29, 1.82) is 0 Å². The molecule has 104 valence electrons. The summed E-state index contributed by atoms with van der Waals surface area (Å²) in [7, 11) is 0. The maximum atomic E-state index is 13.5. The van der Waals surface area contributed by atoms with Crippen LogP contribution in [0.3, 0.4) is 0 Å². The first-order chi connectivity index (χ1) is 8.95. The largest absolute Gasteiger partial charge is 0.338 e. The maximum Gasteiger partial charge on any atom is 0.260 e. The van der Waals surface area contributed by atoms with E-state index in [0.717, 1.165) is 4.90 Å². The number of nitrogens with zero attached hydrogens (tertiary/aromatic N) is 1. The molecule has 0 radical (unpaired) electrons. The third kappa shape index (κ3) is 2.42. The van der Waals surface area contributed by atoms with Crippen LogP contribution in [-0.2, 0) is 0 Å². The number of carbonyl (C=O) groups is 1. The Labute approximate surface area is 107 Å². The third-order valence-electron chi connectivity index (χ3n) is 3.23. The molecule has 0 saturated carbocycles. The smallest absolute Gasteiger partial charge is 0.260 e. The Morgan fingerprint density at radius 3 is 2.32 bits per heavy atom. The van der Waals surface area contributed by atoms with Crippen molar-refractivity contribution in [3.63, 3.8) is 0 Å². The van der Waals surface area contributed by atoms with Gasteiger partial charge in [-0.1, -0.05) is 0 Å². The Morgan fingerprint density at radius 1 is 1.26 bits per heavy atom. The topological polar surface area (TPSA) is 46.3 Å². The van der Waals surface area contributed by atoms with Gasteiger partial charge in [0, 0.05) is 19.2 Å². The molecule has 0 bridgehead atoms. The van der Waals surface area contributed by atoms with E-state index in [1.54, 1.807) is 0 Å². The number of hydrogen-bond acceptors (Lipinski definition) is 2. The summed E-state index contributed by atoms with van der Waals surface area (Å²) in [6.45, 7) is 0.830. The molecule has 1 heterocycles. The number of amides is 1. The fourth-order valence-electron chi connectivity index (χ4n) is 2.13. The molecular formula is C12H12F4N2O. The van der Waals surface area contributed by atoms with Crippen LogP contribution in [0.5, 0.6) is 0 Å². The second-order valence-corrected chi connectivity index (χ2v) is 4.48. The highest BCUT2D eigenvalue weighted by atomic mass is 19.2. The number of likely N-dealkylation sites (tertiary alicyclic amines) is 1. The van der Waals surface area contributed by atoms with Crippen molar-refractivity contribution < 1.29 is 22.4 Å². The standard InChI is InChI=1S/C12H12F4N2O/c13-7-3-8(14)11(16)9(10(7)15)12(19)18-2-1-6(4-17)5-18/h3,6H,1-2,4-5,17H2. The zero-order valence-electron chi connectivity index (χ0n) is 9.93. The van der Waals surface area contributed by atoms with Crippen molar-refractivity contribution in [3.05, 3.63) is 34.9 Å². The highest BCUT2D eigenvalue weighted by Gasteiger charge is 2.32. The SMILES string of the molecule is NCC1CCN(C(=O)c2c(F)c(F)cc(F)c2F)C1. The van der Waals surface area contributed by atoms with E-state index in [1.165, 1.54) is 0 Å². The number of benzene rings is 1. The van der Waals surface area contributed by atoms with E-state index in [4.69, 9.17) is 5.73 Å². The Hall–Kier alpha value is -1.63. The van der Waals surface area contributed by atoms with Crippen LogP contribution in [0, 0.1) is 29.2 Å². The molecule has 19 heavy (non-hydrogen) atoms. The van der Waals surface area contributed by atoms with Crippen molar-refractivity contribution in [3.8, 4) is 0 Å². The summed E-state index contributed by atoms with van der Waals surface area (Å²) in [5.41, 5.74) is 4.25. The predicted molar refractivity (Wildman–Crippen MR) is 59.3 cm³/mol. The minimum absolute atomic E-state index is 0.0356. The molecule has 7 heteroatoms. The van der Waals surface area contributed by atoms with E-state index >= 15 is 0 Å². The van der Waals surface area contributed by atoms with Crippen LogP contribution in [-0.4, -0.2) is 30.4 Å². The van der Waals surface area contributed by atoms with Gasteiger partial charge in [0.1, 0.15) is 5.56 Å². The fraction of sp³-hybridized carbons (Fsp3) is 0.417. The van der Waals surface area contributed by atoms with Crippen LogP contribution >= 0.6 is 0 Å². The van der Waals surface area contributed by atoms with Crippen LogP contribution in [0.1, 0.15) is 16.8 Å². The molecule has 1 atom stereocenters. The van der Waals surface area contributed by atoms with E-state index in [0.29, 0.717) is 13.0 Å². The van der Waals surface area contributed by atoms with Gasteiger partial charge in [-0.15, -0.1) is 0 Å². The van der Waals surface area contributed by atoms with Crippen LogP contribution in [0.25, 0.3) is 0 Å². The number of halogens is 4. The molecule has 0 aliphatic carbocycles. The Bertz CT molecular complexity index is 495. The molecular weight excluding hydrogens is 264 g/mol. The normalized spacial score (nSPS) is 19.0. The average Bonchev–Trinajstić information content (AvgIpc) is 2.85. The molecule has 1 amide bonds. The van der Waals surface area contributed by atoms with E-state index in [1.807, 2.05) is 0 Å². The molecule has 1 aromatic rings. The predicted octanol–water partition coefficient (Wildman–Crippen LogP) is 1.66. The molecule has 3 nitrogen and oxygen atoms in total. The molecule has 1 fully saturated rings. The van der Waals surface area contributed by atoms with Crippen molar-refractivity contribution in [1.82, 2.24) is 4.90 Å². The van der Waals surface area contributed by atoms with E-state index < -0.39 is 34.7 Å². The lowest BCUT2D eigenvalue weighted by atomic mass is 10.1. The summed E-state index contributed by atoms with van der Waals surface area (Å²) in [5, 5.41) is 0. The number of rotatable bonds is 2. The highest BCUT2D eigenvalue weighted by molar-refractivity contribution is 5.95. The van der Waals surface area contributed by atoms with Gasteiger partial charge in [-0.3, -0.25) is 4.79 Å². The second kappa shape index (κ2) is 5.16. The van der Waals surface area contributed by atoms with Gasteiger partial charge in [-0.05, 0) is 18.9 Å². The molecule has 1 aliphatic heterocycles. The Kier molecular flexibility index (Phi) is 3.75. The average molecular weight is 276 g/mol. The summed E-state index contributed by atoms with van der Waals surface area (Å²) in [6, 6.07) is 0.0775. The van der Waals surface area contributed by atoms with Crippen LogP contribution < -0.4 is 5.73 Å². The zero-order chi connectivity index (χ0) is 14.2. The second-order valence-electron chi connectivity index (χ2n) is 4.48. The Balaban J connectivity index is 2.34. The number of hydrogen-bond donors (Lipinski definition) is 1. The molecule has 1 aromatic carbocycles. The van der Waals surface area contributed by atoms with Gasteiger partial charge in [-0.25, -0.2) is 17.6 Å². The van der Waals surface area contributed by atoms with Crippen LogP contribution in [0.2, 0.25) is 0 Å². The Morgan fingerprint density at radius 2 is 1.84 bits per heavy atom. The molecule has 1 aliphatic rings. The van der Waals surface area contributed by atoms with Crippen molar-refractivity contribution in [2.45, 2.75) is 6.42 Å². The van der Waals surface area contributed by atoms with Crippen LogP contribution in [0.4, 0.5) is 17.6 Å². The van der Waals surface area contributed by atoms with E-state index in [-0.39, 0.29) is 25.1 Å². The van der Waals surface area contributed by atoms with E-state index in [9.17, 15) is 22.4 Å². The number of carbonyl (C=O) groups excluding carboxylic acids is 1. The van der Waals surface area contributed by atoms with Crippen LogP contribution in [0.15, 0.2) is 6.07 Å². The van der Waals surface area contributed by atoms with Crippen molar-refractivity contribution in [2.75, 3.05) is 19.6 Å². The quantitative estimate of drug-likeness (QED) is 0.659. The van der Waals surface area contributed by atoms with Crippen molar-refractivity contribution >= 4 is 5.91 Å². The lowest BCUT2D eigenvalue weighted by Crippen LogP contribution is -2.31. The van der Waals surface area contributed by atoms with Gasteiger partial charge < -0.3 is 10.6 Å². The molecule has 0 aromatic heterocycles. The molecule has 0 spiro atoms. The molecule has 2 N–H and O–H groups in total. The minimum Gasteiger partial charge on any atom is -0.338 e. The third-order valence-corrected chi connectivity index (χ3v) is 3.23. The maximum absolute atomic E-state index is 13.5. The molecule has 1 unspecified atom stereocenters. The zero-order valence-corrected chi connectivity index (χ0v) is 9.93. The van der Waals surface area contributed by atoms with Gasteiger partial charge in [0.2, 0.25) is 0 Å². The molecule has 1 saturated heterocycles. The van der Waals surface area contributed by atoms with Gasteiger partial charge in [0.25, 0.3) is 5.91 Å². The lowest BCUT2D eigenvalue weighted by molar-refractivity contribution is 0.0775. The van der Waals surface area contributed by atoms with E-state index in [2.05, 4.69) is 0 Å². The summed E-state index contributed by atoms with van der Waals surface area (Å²) in [5.74, 6) is -7.52. The lowest BCUT2D eigenvalue weighted by Gasteiger charge is -2.17. The fourth-order valence-corrected chi connectivity index (χ4v) is 2.13. The first-order valence-corrected chi connectivity index (χ1v) is 5.78. The summed E-state index contributed by atoms with van der Waals surface area (Å²) >= 11 is 0. The monoisotopic (exact) mass is 276 g/mol. The first-order valence-electron chi connectivity index (χ1n) is 5.78. The van der Waals surface area contributed by atoms with Gasteiger partial charge in [0.05, 0.1) is 0 Å². The number of nitrogens with two attached hydrogens (primary N) is 1. The van der Waals surface area contributed by atoms with Crippen molar-refractivity contribution in [2.24, 2.45) is 11.7 Å². The minimum atomic E-state index is -1.67. The first kappa shape index (κ1) is 13.8. The van der Waals surface area contributed by atoms with Gasteiger partial charge in [0.15, 0.2) is 23.3 Å². The summed E-state index contributed by atoms with van der Waals surface area (Å²) < 4.78 is 53.0. The summed E-state index contributed by atoms with van der Waals surface area (Å²) in [6.07, 6.45) is 0.600. The van der Waals surface area contributed by atoms with Gasteiger partial charge >= 0.3 is 0 Å². The van der Waals surface area contributed by atoms with Gasteiger partial charge in [-0.2, -0.15) is 0 Å². The molecule has 2 rings (SSSR count). The summed E-state index contributed by atoms with van der Waals surface area (Å²) in [4.78, 5) is 13.1. The highest BCUT2D eigenvalue weighted by Crippen LogP contribution is 2.24.